The molecule has 0 atom stereocenters. The fourth-order valence-corrected chi connectivity index (χ4v) is 4.93. The summed E-state index contributed by atoms with van der Waals surface area (Å²) in [7, 11) is 0. The first-order valence-electron chi connectivity index (χ1n) is 8.41. The second-order valence-electron chi connectivity index (χ2n) is 5.78. The van der Waals surface area contributed by atoms with Gasteiger partial charge in [0, 0.05) is 17.2 Å². The molecule has 0 amide bonds. The fraction of sp³-hybridized carbons (Fsp3) is 0.182. The molecule has 0 radical (unpaired) electrons. The Morgan fingerprint density at radius 2 is 1.32 bits per heavy atom. The molecule has 0 unspecified atom stereocenters. The maximum Gasteiger partial charge on any atom is 0.0907 e. The summed E-state index contributed by atoms with van der Waals surface area (Å²) in [5.41, 5.74) is 9.78. The molecule has 128 valence electrons. The van der Waals surface area contributed by atoms with E-state index in [9.17, 15) is 0 Å². The van der Waals surface area contributed by atoms with Crippen LogP contribution < -0.4 is 5.73 Å². The van der Waals surface area contributed by atoms with E-state index >= 15 is 0 Å². The molecule has 3 rings (SSSR count). The Labute approximate surface area is 159 Å². The molecule has 3 aromatic carbocycles. The van der Waals surface area contributed by atoms with Crippen molar-refractivity contribution in [2.45, 2.75) is 9.64 Å². The van der Waals surface area contributed by atoms with Gasteiger partial charge in [-0.15, -0.1) is 23.5 Å². The quantitative estimate of drug-likeness (QED) is 0.449. The Hall–Kier alpha value is -1.68. The van der Waals surface area contributed by atoms with Gasteiger partial charge >= 0.3 is 0 Å². The van der Waals surface area contributed by atoms with Crippen LogP contribution in [0.5, 0.6) is 0 Å². The first-order valence-corrected chi connectivity index (χ1v) is 10.6. The summed E-state index contributed by atoms with van der Waals surface area (Å²) >= 11 is 3.69. The van der Waals surface area contributed by atoms with Crippen LogP contribution in [0, 0.1) is 0 Å². The van der Waals surface area contributed by atoms with E-state index in [4.69, 9.17) is 5.73 Å². The van der Waals surface area contributed by atoms with Gasteiger partial charge in [-0.3, -0.25) is 0 Å². The van der Waals surface area contributed by atoms with Crippen LogP contribution in [0.15, 0.2) is 89.8 Å². The summed E-state index contributed by atoms with van der Waals surface area (Å²) in [6.45, 7) is 0.661. The molecule has 0 saturated carbocycles. The van der Waals surface area contributed by atoms with Crippen LogP contribution in [0.1, 0.15) is 16.7 Å². The van der Waals surface area contributed by atoms with Gasteiger partial charge in [-0.1, -0.05) is 72.8 Å². The highest BCUT2D eigenvalue weighted by Crippen LogP contribution is 2.48. The van der Waals surface area contributed by atoms with E-state index in [1.54, 1.807) is 11.8 Å². The minimum atomic E-state index is -0.256. The summed E-state index contributed by atoms with van der Waals surface area (Å²) < 4.78 is -0.256. The second-order valence-corrected chi connectivity index (χ2v) is 7.97. The van der Waals surface area contributed by atoms with Crippen LogP contribution in [-0.2, 0) is 4.75 Å². The highest BCUT2D eigenvalue weighted by molar-refractivity contribution is 8.00. The number of nitrogens with two attached hydrogens (primary N) is 1. The average Bonchev–Trinajstić information content (AvgIpc) is 2.70. The van der Waals surface area contributed by atoms with Crippen LogP contribution in [0.4, 0.5) is 0 Å². The zero-order chi connectivity index (χ0) is 17.5. The molecule has 3 heteroatoms. The standard InChI is InChI=1S/C22H23NS2/c1-24-21-14-8-13-20(17-21)22(25-16-15-23,18-9-4-2-5-10-18)19-11-6-3-7-12-19/h2-14,17H,15-16,23H2,1H3. The molecule has 0 bridgehead atoms. The number of hydrogen-bond donors (Lipinski definition) is 1. The number of hydrogen-bond acceptors (Lipinski definition) is 3. The minimum absolute atomic E-state index is 0.256. The number of thioether (sulfide) groups is 2. The zero-order valence-corrected chi connectivity index (χ0v) is 16.0. The van der Waals surface area contributed by atoms with Crippen molar-refractivity contribution in [2.24, 2.45) is 5.73 Å². The van der Waals surface area contributed by atoms with Crippen molar-refractivity contribution in [3.8, 4) is 0 Å². The van der Waals surface area contributed by atoms with Gasteiger partial charge in [-0.25, -0.2) is 0 Å². The number of benzene rings is 3. The molecule has 25 heavy (non-hydrogen) atoms. The molecule has 0 aliphatic carbocycles. The third kappa shape index (κ3) is 3.79. The van der Waals surface area contributed by atoms with E-state index in [0.29, 0.717) is 6.54 Å². The molecule has 0 heterocycles. The molecule has 0 spiro atoms. The van der Waals surface area contributed by atoms with Crippen LogP contribution >= 0.6 is 23.5 Å². The first-order chi connectivity index (χ1) is 12.3. The summed E-state index contributed by atoms with van der Waals surface area (Å²) in [5, 5.41) is 0. The predicted molar refractivity (Wildman–Crippen MR) is 113 cm³/mol. The van der Waals surface area contributed by atoms with Crippen LogP contribution in [0.3, 0.4) is 0 Å². The van der Waals surface area contributed by atoms with E-state index in [1.165, 1.54) is 21.6 Å². The third-order valence-corrected chi connectivity index (χ3v) is 6.58. The summed E-state index contributed by atoms with van der Waals surface area (Å²) in [5.74, 6) is 0.896. The molecule has 1 nitrogen and oxygen atoms in total. The zero-order valence-electron chi connectivity index (χ0n) is 14.4. The topological polar surface area (TPSA) is 26.0 Å². The van der Waals surface area contributed by atoms with Gasteiger partial charge in [0.2, 0.25) is 0 Å². The van der Waals surface area contributed by atoms with Crippen molar-refractivity contribution in [3.63, 3.8) is 0 Å². The van der Waals surface area contributed by atoms with E-state index < -0.39 is 0 Å². The molecule has 0 aromatic heterocycles. The molecular formula is C22H23NS2. The van der Waals surface area contributed by atoms with E-state index in [2.05, 4.69) is 91.2 Å². The molecule has 0 saturated heterocycles. The smallest absolute Gasteiger partial charge is 0.0907 e. The lowest BCUT2D eigenvalue weighted by Gasteiger charge is -2.35. The van der Waals surface area contributed by atoms with Gasteiger partial charge < -0.3 is 5.73 Å². The Morgan fingerprint density at radius 3 is 1.84 bits per heavy atom. The lowest BCUT2D eigenvalue weighted by atomic mass is 9.84. The maximum atomic E-state index is 5.90. The summed E-state index contributed by atoms with van der Waals surface area (Å²) in [6, 6.07) is 30.4. The van der Waals surface area contributed by atoms with Gasteiger partial charge in [0.1, 0.15) is 0 Å². The van der Waals surface area contributed by atoms with Crippen LogP contribution in [-0.4, -0.2) is 18.6 Å². The Balaban J connectivity index is 2.27. The predicted octanol–water partition coefficient (Wildman–Crippen LogP) is 5.39. The normalized spacial score (nSPS) is 11.4. The Kier molecular flexibility index (Phi) is 6.24. The number of rotatable bonds is 7. The van der Waals surface area contributed by atoms with E-state index in [0.717, 1.165) is 5.75 Å². The fourth-order valence-electron chi connectivity index (χ4n) is 3.15. The van der Waals surface area contributed by atoms with Crippen molar-refractivity contribution in [2.75, 3.05) is 18.6 Å². The van der Waals surface area contributed by atoms with E-state index in [1.807, 2.05) is 11.8 Å². The largest absolute Gasteiger partial charge is 0.330 e. The van der Waals surface area contributed by atoms with E-state index in [-0.39, 0.29) is 4.75 Å². The first kappa shape index (κ1) is 18.1. The average molecular weight is 366 g/mol. The summed E-state index contributed by atoms with van der Waals surface area (Å²) in [6.07, 6.45) is 2.12. The Bertz CT molecular complexity index is 748. The van der Waals surface area contributed by atoms with Gasteiger partial charge in [0.05, 0.1) is 4.75 Å². The lowest BCUT2D eigenvalue weighted by Crippen LogP contribution is -2.27. The highest BCUT2D eigenvalue weighted by atomic mass is 32.2. The van der Waals surface area contributed by atoms with Gasteiger partial charge in [0.15, 0.2) is 0 Å². The molecule has 0 fully saturated rings. The van der Waals surface area contributed by atoms with Crippen molar-refractivity contribution >= 4 is 23.5 Å². The van der Waals surface area contributed by atoms with Crippen molar-refractivity contribution in [1.29, 1.82) is 0 Å². The molecular weight excluding hydrogens is 342 g/mol. The van der Waals surface area contributed by atoms with Gasteiger partial charge in [-0.2, -0.15) is 0 Å². The molecule has 0 aliphatic rings. The maximum absolute atomic E-state index is 5.90. The third-order valence-electron chi connectivity index (χ3n) is 4.27. The summed E-state index contributed by atoms with van der Waals surface area (Å²) in [4.78, 5) is 1.28. The second kappa shape index (κ2) is 8.61. The van der Waals surface area contributed by atoms with Gasteiger partial charge in [-0.05, 0) is 35.1 Å². The van der Waals surface area contributed by atoms with Crippen LogP contribution in [0.2, 0.25) is 0 Å². The minimum Gasteiger partial charge on any atom is -0.330 e. The molecule has 2 N–H and O–H groups in total. The van der Waals surface area contributed by atoms with Crippen molar-refractivity contribution in [1.82, 2.24) is 0 Å². The van der Waals surface area contributed by atoms with Gasteiger partial charge in [0.25, 0.3) is 0 Å². The Morgan fingerprint density at radius 1 is 0.760 bits per heavy atom. The monoisotopic (exact) mass is 365 g/mol. The van der Waals surface area contributed by atoms with Crippen molar-refractivity contribution in [3.05, 3.63) is 102 Å². The van der Waals surface area contributed by atoms with Crippen molar-refractivity contribution < 1.29 is 0 Å². The lowest BCUT2D eigenvalue weighted by molar-refractivity contribution is 0.887. The highest BCUT2D eigenvalue weighted by Gasteiger charge is 2.36. The molecule has 3 aromatic rings. The molecule has 0 aliphatic heterocycles. The van der Waals surface area contributed by atoms with Crippen LogP contribution in [0.25, 0.3) is 0 Å². The SMILES string of the molecule is CSc1cccc(C(SCCN)(c2ccccc2)c2ccccc2)c1.